The lowest BCUT2D eigenvalue weighted by Crippen LogP contribution is -2.39. The van der Waals surface area contributed by atoms with Gasteiger partial charge in [0.1, 0.15) is 0 Å². The molecule has 3 atom stereocenters. The van der Waals surface area contributed by atoms with Gasteiger partial charge in [0.15, 0.2) is 0 Å². The van der Waals surface area contributed by atoms with Crippen molar-refractivity contribution < 1.29 is 0 Å². The lowest BCUT2D eigenvalue weighted by atomic mass is 9.95. The summed E-state index contributed by atoms with van der Waals surface area (Å²) < 4.78 is 0. The maximum atomic E-state index is 6.37. The largest absolute Gasteiger partial charge is 0.326 e. The van der Waals surface area contributed by atoms with Crippen molar-refractivity contribution >= 4 is 11.3 Å². The molecule has 2 nitrogen and oxygen atoms in total. The van der Waals surface area contributed by atoms with Crippen LogP contribution in [-0.2, 0) is 0 Å². The van der Waals surface area contributed by atoms with Crippen LogP contribution >= 0.6 is 11.3 Å². The van der Waals surface area contributed by atoms with Crippen LogP contribution in [0, 0.1) is 11.8 Å². The van der Waals surface area contributed by atoms with Crippen molar-refractivity contribution in [3.63, 3.8) is 0 Å². The molecule has 0 amide bonds. The molecule has 0 saturated carbocycles. The first-order valence-electron chi connectivity index (χ1n) is 7.16. The van der Waals surface area contributed by atoms with E-state index in [1.54, 1.807) is 0 Å². The molecule has 102 valence electrons. The molecule has 1 fully saturated rings. The SMILES string of the molecule is CCC(N)C(c1cccs1)N1CCC(C(C)C)C1. The van der Waals surface area contributed by atoms with Gasteiger partial charge in [-0.15, -0.1) is 11.3 Å². The van der Waals surface area contributed by atoms with Crippen molar-refractivity contribution in [1.29, 1.82) is 0 Å². The molecular weight excluding hydrogens is 240 g/mol. The molecule has 1 aromatic rings. The van der Waals surface area contributed by atoms with E-state index < -0.39 is 0 Å². The first-order chi connectivity index (χ1) is 8.63. The Labute approximate surface area is 115 Å². The molecular formula is C15H26N2S. The summed E-state index contributed by atoms with van der Waals surface area (Å²) in [7, 11) is 0. The third-order valence-corrected chi connectivity index (χ3v) is 5.25. The quantitative estimate of drug-likeness (QED) is 0.884. The molecule has 0 aliphatic carbocycles. The number of nitrogens with two attached hydrogens (primary N) is 1. The first kappa shape index (κ1) is 14.0. The van der Waals surface area contributed by atoms with Gasteiger partial charge in [0.25, 0.3) is 0 Å². The van der Waals surface area contributed by atoms with Crippen molar-refractivity contribution in [3.05, 3.63) is 22.4 Å². The maximum Gasteiger partial charge on any atom is 0.0593 e. The number of hydrogen-bond acceptors (Lipinski definition) is 3. The minimum Gasteiger partial charge on any atom is -0.326 e. The van der Waals surface area contributed by atoms with Gasteiger partial charge in [-0.3, -0.25) is 4.90 Å². The van der Waals surface area contributed by atoms with Gasteiger partial charge >= 0.3 is 0 Å². The molecule has 1 saturated heterocycles. The molecule has 2 heterocycles. The molecule has 0 aromatic carbocycles. The highest BCUT2D eigenvalue weighted by molar-refractivity contribution is 7.10. The molecule has 1 aliphatic heterocycles. The van der Waals surface area contributed by atoms with Gasteiger partial charge in [-0.2, -0.15) is 0 Å². The van der Waals surface area contributed by atoms with Gasteiger partial charge in [-0.05, 0) is 42.7 Å². The van der Waals surface area contributed by atoms with Crippen molar-refractivity contribution in [3.8, 4) is 0 Å². The van der Waals surface area contributed by atoms with E-state index in [1.807, 2.05) is 11.3 Å². The van der Waals surface area contributed by atoms with E-state index in [0.717, 1.165) is 18.3 Å². The summed E-state index contributed by atoms with van der Waals surface area (Å²) in [4.78, 5) is 4.05. The number of rotatable bonds is 5. The zero-order valence-corrected chi connectivity index (χ0v) is 12.6. The van der Waals surface area contributed by atoms with Gasteiger partial charge in [0.2, 0.25) is 0 Å². The van der Waals surface area contributed by atoms with Crippen LogP contribution in [0.1, 0.15) is 44.5 Å². The van der Waals surface area contributed by atoms with E-state index >= 15 is 0 Å². The summed E-state index contributed by atoms with van der Waals surface area (Å²) in [5.41, 5.74) is 6.37. The lowest BCUT2D eigenvalue weighted by molar-refractivity contribution is 0.199. The maximum absolute atomic E-state index is 6.37. The van der Waals surface area contributed by atoms with E-state index in [9.17, 15) is 0 Å². The van der Waals surface area contributed by atoms with Gasteiger partial charge in [0.05, 0.1) is 6.04 Å². The fourth-order valence-corrected chi connectivity index (χ4v) is 3.89. The van der Waals surface area contributed by atoms with Crippen molar-refractivity contribution in [1.82, 2.24) is 4.90 Å². The average Bonchev–Trinajstić information content (AvgIpc) is 3.00. The second kappa shape index (κ2) is 6.18. The fourth-order valence-electron chi connectivity index (χ4n) is 2.96. The number of likely N-dealkylation sites (tertiary alicyclic amines) is 1. The summed E-state index contributed by atoms with van der Waals surface area (Å²) in [6, 6.07) is 5.08. The molecule has 18 heavy (non-hydrogen) atoms. The molecule has 0 radical (unpaired) electrons. The second-order valence-electron chi connectivity index (χ2n) is 5.82. The molecule has 3 unspecified atom stereocenters. The van der Waals surface area contributed by atoms with E-state index in [2.05, 4.69) is 43.2 Å². The Hall–Kier alpha value is -0.380. The Balaban J connectivity index is 2.11. The summed E-state index contributed by atoms with van der Waals surface area (Å²) in [5.74, 6) is 1.63. The average molecular weight is 266 g/mol. The van der Waals surface area contributed by atoms with Crippen molar-refractivity contribution in [2.75, 3.05) is 13.1 Å². The smallest absolute Gasteiger partial charge is 0.0593 e. The van der Waals surface area contributed by atoms with Gasteiger partial charge in [-0.25, -0.2) is 0 Å². The Kier molecular flexibility index (Phi) is 4.82. The monoisotopic (exact) mass is 266 g/mol. The Morgan fingerprint density at radius 3 is 2.78 bits per heavy atom. The third kappa shape index (κ3) is 2.95. The Morgan fingerprint density at radius 1 is 1.50 bits per heavy atom. The lowest BCUT2D eigenvalue weighted by Gasteiger charge is -2.32. The molecule has 0 spiro atoms. The van der Waals surface area contributed by atoms with E-state index in [-0.39, 0.29) is 6.04 Å². The van der Waals surface area contributed by atoms with Crippen LogP contribution < -0.4 is 5.73 Å². The second-order valence-corrected chi connectivity index (χ2v) is 6.80. The Bertz CT molecular complexity index is 347. The summed E-state index contributed by atoms with van der Waals surface area (Å²) >= 11 is 1.85. The molecule has 2 N–H and O–H groups in total. The molecule has 1 aromatic heterocycles. The topological polar surface area (TPSA) is 29.3 Å². The molecule has 0 bridgehead atoms. The number of hydrogen-bond donors (Lipinski definition) is 1. The standard InChI is InChI=1S/C15H26N2S/c1-4-13(16)15(14-6-5-9-18-14)17-8-7-12(10-17)11(2)3/h5-6,9,11-13,15H,4,7-8,10,16H2,1-3H3. The highest BCUT2D eigenvalue weighted by Gasteiger charge is 2.33. The van der Waals surface area contributed by atoms with Crippen molar-refractivity contribution in [2.24, 2.45) is 17.6 Å². The van der Waals surface area contributed by atoms with Crippen LogP contribution in [0.25, 0.3) is 0 Å². The van der Waals surface area contributed by atoms with Crippen LogP contribution in [0.5, 0.6) is 0 Å². The van der Waals surface area contributed by atoms with Crippen molar-refractivity contribution in [2.45, 2.75) is 45.7 Å². The van der Waals surface area contributed by atoms with Gasteiger partial charge in [-0.1, -0.05) is 26.8 Å². The predicted molar refractivity (Wildman–Crippen MR) is 79.8 cm³/mol. The summed E-state index contributed by atoms with van der Waals surface area (Å²) in [6.07, 6.45) is 2.38. The zero-order valence-electron chi connectivity index (χ0n) is 11.8. The van der Waals surface area contributed by atoms with E-state index in [0.29, 0.717) is 6.04 Å². The zero-order chi connectivity index (χ0) is 13.1. The van der Waals surface area contributed by atoms with Crippen LogP contribution in [0.2, 0.25) is 0 Å². The van der Waals surface area contributed by atoms with E-state index in [1.165, 1.54) is 24.4 Å². The Morgan fingerprint density at radius 2 is 2.28 bits per heavy atom. The normalized spacial score (nSPS) is 24.6. The third-order valence-electron chi connectivity index (χ3n) is 4.30. The summed E-state index contributed by atoms with van der Waals surface area (Å²) in [6.45, 7) is 9.30. The predicted octanol–water partition coefficient (Wildman–Crippen LogP) is 3.50. The molecule has 1 aliphatic rings. The summed E-state index contributed by atoms with van der Waals surface area (Å²) in [5, 5.41) is 2.17. The first-order valence-corrected chi connectivity index (χ1v) is 8.04. The van der Waals surface area contributed by atoms with Crippen LogP contribution in [-0.4, -0.2) is 24.0 Å². The van der Waals surface area contributed by atoms with Crippen LogP contribution in [0.15, 0.2) is 17.5 Å². The minimum atomic E-state index is 0.259. The molecule has 2 rings (SSSR count). The van der Waals surface area contributed by atoms with Gasteiger partial charge in [0, 0.05) is 17.5 Å². The van der Waals surface area contributed by atoms with Gasteiger partial charge < -0.3 is 5.73 Å². The highest BCUT2D eigenvalue weighted by Crippen LogP contribution is 2.34. The van der Waals surface area contributed by atoms with E-state index in [4.69, 9.17) is 5.73 Å². The highest BCUT2D eigenvalue weighted by atomic mass is 32.1. The van der Waals surface area contributed by atoms with Crippen LogP contribution in [0.4, 0.5) is 0 Å². The number of thiophene rings is 1. The number of nitrogens with zero attached hydrogens (tertiary/aromatic N) is 1. The van der Waals surface area contributed by atoms with Crippen LogP contribution in [0.3, 0.4) is 0 Å². The molecule has 3 heteroatoms. The minimum absolute atomic E-state index is 0.259. The fraction of sp³-hybridized carbons (Fsp3) is 0.733.